The highest BCUT2D eigenvalue weighted by atomic mass is 35.5. The van der Waals surface area contributed by atoms with Crippen LogP contribution >= 0.6 is 11.6 Å². The second-order valence-electron chi connectivity index (χ2n) is 5.92. The predicted octanol–water partition coefficient (Wildman–Crippen LogP) is 3.06. The first-order chi connectivity index (χ1) is 11.9. The van der Waals surface area contributed by atoms with Gasteiger partial charge in [0.25, 0.3) is 0 Å². The molecule has 2 rings (SSSR count). The van der Waals surface area contributed by atoms with Gasteiger partial charge in [-0.2, -0.15) is 5.10 Å². The zero-order valence-electron chi connectivity index (χ0n) is 14.4. The molecule has 0 fully saturated rings. The minimum atomic E-state index is -0.813. The Morgan fingerprint density at radius 2 is 1.88 bits per heavy atom. The Kier molecular flexibility index (Phi) is 6.58. The molecule has 2 aromatic rings. The van der Waals surface area contributed by atoms with E-state index in [0.717, 1.165) is 22.6 Å². The third-order valence-corrected chi connectivity index (χ3v) is 4.24. The lowest BCUT2D eigenvalue weighted by molar-refractivity contribution is -0.137. The molecule has 0 spiro atoms. The minimum absolute atomic E-state index is 0.0859. The van der Waals surface area contributed by atoms with Gasteiger partial charge in [-0.1, -0.05) is 11.6 Å². The molecule has 0 unspecified atom stereocenters. The van der Waals surface area contributed by atoms with E-state index in [1.807, 2.05) is 26.0 Å². The molecule has 0 saturated carbocycles. The fraction of sp³-hybridized carbons (Fsp3) is 0.389. The van der Waals surface area contributed by atoms with Gasteiger partial charge in [0.2, 0.25) is 5.91 Å². The maximum atomic E-state index is 12.1. The number of aromatic nitrogens is 2. The monoisotopic (exact) mass is 363 g/mol. The van der Waals surface area contributed by atoms with Gasteiger partial charge in [-0.3, -0.25) is 9.59 Å². The molecular weight excluding hydrogens is 342 g/mol. The van der Waals surface area contributed by atoms with E-state index in [9.17, 15) is 9.59 Å². The number of carbonyl (C=O) groups excluding carboxylic acids is 1. The van der Waals surface area contributed by atoms with Crippen molar-refractivity contribution in [3.63, 3.8) is 0 Å². The van der Waals surface area contributed by atoms with Crippen molar-refractivity contribution >= 4 is 23.5 Å². The number of rotatable bonds is 8. The van der Waals surface area contributed by atoms with E-state index in [1.165, 1.54) is 0 Å². The molecule has 0 bridgehead atoms. The molecule has 134 valence electrons. The SMILES string of the molecule is Cc1nn(-c2ccc(Cl)cc2)c(C)c1CC(=O)NCCCCC(=O)O. The van der Waals surface area contributed by atoms with Crippen molar-refractivity contribution in [2.75, 3.05) is 6.54 Å². The quantitative estimate of drug-likeness (QED) is 0.706. The third-order valence-electron chi connectivity index (χ3n) is 3.99. The van der Waals surface area contributed by atoms with Crippen molar-refractivity contribution in [1.29, 1.82) is 0 Å². The molecule has 1 amide bonds. The predicted molar refractivity (Wildman–Crippen MR) is 96.2 cm³/mol. The number of nitrogens with zero attached hydrogens (tertiary/aromatic N) is 2. The molecule has 0 saturated heterocycles. The van der Waals surface area contributed by atoms with Gasteiger partial charge in [0, 0.05) is 29.2 Å². The smallest absolute Gasteiger partial charge is 0.303 e. The molecule has 0 radical (unpaired) electrons. The van der Waals surface area contributed by atoms with E-state index in [4.69, 9.17) is 16.7 Å². The Hall–Kier alpha value is -2.34. The van der Waals surface area contributed by atoms with E-state index in [-0.39, 0.29) is 18.7 Å². The van der Waals surface area contributed by atoms with Gasteiger partial charge in [0.05, 0.1) is 17.8 Å². The van der Waals surface area contributed by atoms with Crippen LogP contribution in [0.5, 0.6) is 0 Å². The van der Waals surface area contributed by atoms with Crippen molar-refractivity contribution in [2.45, 2.75) is 39.5 Å². The molecule has 0 aliphatic carbocycles. The fourth-order valence-corrected chi connectivity index (χ4v) is 2.74. The molecule has 0 aliphatic rings. The summed E-state index contributed by atoms with van der Waals surface area (Å²) in [6.07, 6.45) is 1.59. The largest absolute Gasteiger partial charge is 0.481 e. The standard InChI is InChI=1S/C18H22ClN3O3/c1-12-16(11-17(23)20-10-4-3-5-18(24)25)13(2)22(21-12)15-8-6-14(19)7-9-15/h6-9H,3-5,10-11H2,1-2H3,(H,20,23)(H,24,25). The second kappa shape index (κ2) is 8.67. The van der Waals surface area contributed by atoms with Gasteiger partial charge in [0.1, 0.15) is 0 Å². The summed E-state index contributed by atoms with van der Waals surface area (Å²) >= 11 is 5.92. The highest BCUT2D eigenvalue weighted by Gasteiger charge is 2.15. The number of amides is 1. The number of halogens is 1. The van der Waals surface area contributed by atoms with E-state index < -0.39 is 5.97 Å². The maximum absolute atomic E-state index is 12.1. The average Bonchev–Trinajstić information content (AvgIpc) is 2.83. The Balaban J connectivity index is 1.97. The van der Waals surface area contributed by atoms with Gasteiger partial charge in [-0.15, -0.1) is 0 Å². The number of nitrogens with one attached hydrogen (secondary N) is 1. The van der Waals surface area contributed by atoms with Crippen molar-refractivity contribution in [1.82, 2.24) is 15.1 Å². The number of benzene rings is 1. The van der Waals surface area contributed by atoms with Crippen LogP contribution in [0.15, 0.2) is 24.3 Å². The zero-order chi connectivity index (χ0) is 18.4. The number of aliphatic carboxylic acids is 1. The Labute approximate surface area is 151 Å². The van der Waals surface area contributed by atoms with Gasteiger partial charge in [-0.25, -0.2) is 4.68 Å². The lowest BCUT2D eigenvalue weighted by atomic mass is 10.1. The Bertz CT molecular complexity index is 754. The summed E-state index contributed by atoms with van der Waals surface area (Å²) in [5, 5.41) is 16.6. The molecule has 7 heteroatoms. The molecular formula is C18H22ClN3O3. The van der Waals surface area contributed by atoms with Crippen LogP contribution in [0.1, 0.15) is 36.2 Å². The maximum Gasteiger partial charge on any atom is 0.303 e. The average molecular weight is 364 g/mol. The van der Waals surface area contributed by atoms with Crippen LogP contribution in [0, 0.1) is 13.8 Å². The van der Waals surface area contributed by atoms with Crippen LogP contribution in [0.4, 0.5) is 0 Å². The fourth-order valence-electron chi connectivity index (χ4n) is 2.62. The number of carbonyl (C=O) groups is 2. The van der Waals surface area contributed by atoms with Gasteiger partial charge in [0.15, 0.2) is 0 Å². The van der Waals surface area contributed by atoms with Gasteiger partial charge in [-0.05, 0) is 51.0 Å². The number of aryl methyl sites for hydroxylation is 1. The normalized spacial score (nSPS) is 10.7. The van der Waals surface area contributed by atoms with Crippen molar-refractivity contribution in [2.24, 2.45) is 0 Å². The molecule has 1 heterocycles. The summed E-state index contributed by atoms with van der Waals surface area (Å²) in [7, 11) is 0. The van der Waals surface area contributed by atoms with Crippen molar-refractivity contribution < 1.29 is 14.7 Å². The molecule has 1 aromatic heterocycles. The van der Waals surface area contributed by atoms with E-state index in [0.29, 0.717) is 24.4 Å². The van der Waals surface area contributed by atoms with Crippen LogP contribution in [0.2, 0.25) is 5.02 Å². The Morgan fingerprint density at radius 3 is 2.52 bits per heavy atom. The Morgan fingerprint density at radius 1 is 1.20 bits per heavy atom. The molecule has 1 aromatic carbocycles. The molecule has 25 heavy (non-hydrogen) atoms. The van der Waals surface area contributed by atoms with Crippen molar-refractivity contribution in [3.05, 3.63) is 46.2 Å². The highest BCUT2D eigenvalue weighted by Crippen LogP contribution is 2.20. The number of hydrogen-bond donors (Lipinski definition) is 2. The lowest BCUT2D eigenvalue weighted by Gasteiger charge is -2.07. The number of unbranched alkanes of at least 4 members (excludes halogenated alkanes) is 1. The first-order valence-corrected chi connectivity index (χ1v) is 8.56. The summed E-state index contributed by atoms with van der Waals surface area (Å²) in [4.78, 5) is 22.6. The highest BCUT2D eigenvalue weighted by molar-refractivity contribution is 6.30. The first-order valence-electron chi connectivity index (χ1n) is 8.18. The summed E-state index contributed by atoms with van der Waals surface area (Å²) < 4.78 is 1.81. The molecule has 6 nitrogen and oxygen atoms in total. The summed E-state index contributed by atoms with van der Waals surface area (Å²) in [5.74, 6) is -0.899. The number of carboxylic acid groups (broad SMARTS) is 1. The molecule has 0 atom stereocenters. The second-order valence-corrected chi connectivity index (χ2v) is 6.35. The van der Waals surface area contributed by atoms with Crippen LogP contribution in [0.3, 0.4) is 0 Å². The molecule has 0 aliphatic heterocycles. The summed E-state index contributed by atoms with van der Waals surface area (Å²) in [6.45, 7) is 4.30. The first kappa shape index (κ1) is 19.0. The van der Waals surface area contributed by atoms with Gasteiger partial charge < -0.3 is 10.4 Å². The van der Waals surface area contributed by atoms with Crippen LogP contribution in [-0.2, 0) is 16.0 Å². The lowest BCUT2D eigenvalue weighted by Crippen LogP contribution is -2.26. The van der Waals surface area contributed by atoms with Crippen LogP contribution < -0.4 is 5.32 Å². The van der Waals surface area contributed by atoms with Gasteiger partial charge >= 0.3 is 5.97 Å². The summed E-state index contributed by atoms with van der Waals surface area (Å²) in [5.41, 5.74) is 3.53. The van der Waals surface area contributed by atoms with Crippen LogP contribution in [0.25, 0.3) is 5.69 Å². The van der Waals surface area contributed by atoms with E-state index in [1.54, 1.807) is 16.8 Å². The zero-order valence-corrected chi connectivity index (χ0v) is 15.1. The minimum Gasteiger partial charge on any atom is -0.481 e. The topological polar surface area (TPSA) is 84.2 Å². The summed E-state index contributed by atoms with van der Waals surface area (Å²) in [6, 6.07) is 7.37. The van der Waals surface area contributed by atoms with E-state index >= 15 is 0 Å². The molecule has 2 N–H and O–H groups in total. The van der Waals surface area contributed by atoms with E-state index in [2.05, 4.69) is 10.4 Å². The third kappa shape index (κ3) is 5.32. The van der Waals surface area contributed by atoms with Crippen LogP contribution in [-0.4, -0.2) is 33.3 Å². The number of hydrogen-bond acceptors (Lipinski definition) is 3. The number of carboxylic acids is 1. The van der Waals surface area contributed by atoms with Crippen molar-refractivity contribution in [3.8, 4) is 5.69 Å².